The largest absolute Gasteiger partial charge is 0.480 e. The summed E-state index contributed by atoms with van der Waals surface area (Å²) in [5.41, 5.74) is -0.805. The Labute approximate surface area is 91.2 Å². The summed E-state index contributed by atoms with van der Waals surface area (Å²) in [6, 6.07) is 0. The number of nitrogens with zero attached hydrogens (tertiary/aromatic N) is 1. The van der Waals surface area contributed by atoms with Crippen LogP contribution in [-0.4, -0.2) is 47.3 Å². The summed E-state index contributed by atoms with van der Waals surface area (Å²) in [7, 11) is 0. The van der Waals surface area contributed by atoms with Crippen molar-refractivity contribution in [3.8, 4) is 0 Å². The third-order valence-corrected chi connectivity index (χ3v) is 3.14. The molecule has 1 atom stereocenters. The van der Waals surface area contributed by atoms with E-state index < -0.39 is 11.5 Å². The average Bonchev–Trinajstić information content (AvgIpc) is 2.65. The fourth-order valence-electron chi connectivity index (χ4n) is 1.92. The van der Waals surface area contributed by atoms with Crippen molar-refractivity contribution in [2.45, 2.75) is 45.3 Å². The van der Waals surface area contributed by atoms with Crippen molar-refractivity contribution in [2.75, 3.05) is 19.7 Å². The van der Waals surface area contributed by atoms with Gasteiger partial charge in [-0.3, -0.25) is 9.69 Å². The van der Waals surface area contributed by atoms with E-state index in [0.29, 0.717) is 0 Å². The Hall–Kier alpha value is -0.610. The molecule has 0 aliphatic carbocycles. The molecule has 1 aliphatic heterocycles. The van der Waals surface area contributed by atoms with Gasteiger partial charge in [0.2, 0.25) is 0 Å². The zero-order valence-electron chi connectivity index (χ0n) is 9.82. The van der Waals surface area contributed by atoms with Crippen LogP contribution in [0.2, 0.25) is 0 Å². The first-order valence-electron chi connectivity index (χ1n) is 5.58. The van der Waals surface area contributed by atoms with Gasteiger partial charge < -0.3 is 9.84 Å². The predicted molar refractivity (Wildman–Crippen MR) is 57.9 cm³/mol. The molecule has 4 heteroatoms. The summed E-state index contributed by atoms with van der Waals surface area (Å²) in [5, 5.41) is 9.13. The number of ether oxygens (including phenoxy) is 1. The molecule has 15 heavy (non-hydrogen) atoms. The lowest BCUT2D eigenvalue weighted by Gasteiger charge is -2.35. The van der Waals surface area contributed by atoms with Crippen molar-refractivity contribution in [2.24, 2.45) is 0 Å². The fraction of sp³-hybridized carbons (Fsp3) is 0.909. The van der Waals surface area contributed by atoms with Crippen LogP contribution in [0.25, 0.3) is 0 Å². The lowest BCUT2D eigenvalue weighted by Crippen LogP contribution is -2.52. The highest BCUT2D eigenvalue weighted by atomic mass is 16.5. The Bertz CT molecular complexity index is 222. The van der Waals surface area contributed by atoms with Gasteiger partial charge in [-0.2, -0.15) is 0 Å². The zero-order chi connectivity index (χ0) is 11.5. The van der Waals surface area contributed by atoms with Gasteiger partial charge in [0.05, 0.1) is 6.10 Å². The molecule has 1 unspecified atom stereocenters. The van der Waals surface area contributed by atoms with Crippen LogP contribution in [0.15, 0.2) is 0 Å². The molecule has 1 fully saturated rings. The number of aliphatic carboxylic acids is 1. The first-order chi connectivity index (χ1) is 6.98. The molecule has 0 aromatic carbocycles. The van der Waals surface area contributed by atoms with Gasteiger partial charge >= 0.3 is 5.97 Å². The van der Waals surface area contributed by atoms with Crippen molar-refractivity contribution in [3.05, 3.63) is 0 Å². The highest BCUT2D eigenvalue weighted by Crippen LogP contribution is 2.19. The van der Waals surface area contributed by atoms with Crippen LogP contribution in [0.1, 0.15) is 33.6 Å². The summed E-state index contributed by atoms with van der Waals surface area (Å²) in [6.07, 6.45) is 2.35. The van der Waals surface area contributed by atoms with Crippen LogP contribution >= 0.6 is 0 Å². The van der Waals surface area contributed by atoms with Crippen LogP contribution in [0.5, 0.6) is 0 Å². The van der Waals surface area contributed by atoms with Crippen LogP contribution < -0.4 is 0 Å². The summed E-state index contributed by atoms with van der Waals surface area (Å²) in [5.74, 6) is -0.776. The second kappa shape index (κ2) is 4.94. The van der Waals surface area contributed by atoms with E-state index in [1.165, 1.54) is 0 Å². The van der Waals surface area contributed by atoms with Gasteiger partial charge in [0.25, 0.3) is 0 Å². The molecule has 1 saturated heterocycles. The quantitative estimate of drug-likeness (QED) is 0.752. The first-order valence-corrected chi connectivity index (χ1v) is 5.58. The molecular formula is C11H21NO3. The minimum Gasteiger partial charge on any atom is -0.480 e. The van der Waals surface area contributed by atoms with Gasteiger partial charge in [-0.1, -0.05) is 6.92 Å². The maximum absolute atomic E-state index is 11.1. The molecule has 0 amide bonds. The number of rotatable bonds is 5. The molecule has 0 spiro atoms. The van der Waals surface area contributed by atoms with Gasteiger partial charge in [0, 0.05) is 13.2 Å². The molecule has 0 aromatic rings. The van der Waals surface area contributed by atoms with Gasteiger partial charge in [-0.05, 0) is 33.2 Å². The van der Waals surface area contributed by atoms with Crippen molar-refractivity contribution in [3.63, 3.8) is 0 Å². The Morgan fingerprint density at radius 3 is 2.67 bits per heavy atom. The molecular weight excluding hydrogens is 194 g/mol. The second-order valence-corrected chi connectivity index (χ2v) is 4.54. The summed E-state index contributed by atoms with van der Waals surface area (Å²) in [6.45, 7) is 7.74. The Morgan fingerprint density at radius 1 is 1.60 bits per heavy atom. The van der Waals surface area contributed by atoms with E-state index in [4.69, 9.17) is 9.84 Å². The third-order valence-electron chi connectivity index (χ3n) is 3.14. The smallest absolute Gasteiger partial charge is 0.323 e. The molecule has 0 saturated carbocycles. The van der Waals surface area contributed by atoms with Crippen molar-refractivity contribution in [1.29, 1.82) is 0 Å². The van der Waals surface area contributed by atoms with Gasteiger partial charge in [-0.15, -0.1) is 0 Å². The molecule has 1 heterocycles. The van der Waals surface area contributed by atoms with Crippen LogP contribution in [0.4, 0.5) is 0 Å². The van der Waals surface area contributed by atoms with Crippen LogP contribution in [0, 0.1) is 0 Å². The highest BCUT2D eigenvalue weighted by molar-refractivity contribution is 5.77. The molecule has 1 N–H and O–H groups in total. The number of hydrogen-bond acceptors (Lipinski definition) is 3. The SMILES string of the molecule is CCN(CC1CCCO1)C(C)(C)C(=O)O. The van der Waals surface area contributed by atoms with Gasteiger partial charge in [0.1, 0.15) is 5.54 Å². The number of carboxylic acids is 1. The molecule has 1 rings (SSSR count). The summed E-state index contributed by atoms with van der Waals surface area (Å²) < 4.78 is 5.53. The summed E-state index contributed by atoms with van der Waals surface area (Å²) in [4.78, 5) is 13.1. The maximum Gasteiger partial charge on any atom is 0.323 e. The van der Waals surface area contributed by atoms with E-state index in [-0.39, 0.29) is 6.10 Å². The van der Waals surface area contributed by atoms with Crippen molar-refractivity contribution < 1.29 is 14.6 Å². The molecule has 88 valence electrons. The van der Waals surface area contributed by atoms with E-state index in [2.05, 4.69) is 0 Å². The average molecular weight is 215 g/mol. The van der Waals surface area contributed by atoms with E-state index in [1.807, 2.05) is 11.8 Å². The van der Waals surface area contributed by atoms with Gasteiger partial charge in [-0.25, -0.2) is 0 Å². The van der Waals surface area contributed by atoms with Crippen LogP contribution in [0.3, 0.4) is 0 Å². The van der Waals surface area contributed by atoms with Crippen molar-refractivity contribution in [1.82, 2.24) is 4.90 Å². The zero-order valence-corrected chi connectivity index (χ0v) is 9.82. The topological polar surface area (TPSA) is 49.8 Å². The fourth-order valence-corrected chi connectivity index (χ4v) is 1.92. The number of carbonyl (C=O) groups is 1. The van der Waals surface area contributed by atoms with E-state index >= 15 is 0 Å². The van der Waals surface area contributed by atoms with Gasteiger partial charge in [0.15, 0.2) is 0 Å². The first kappa shape index (κ1) is 12.5. The van der Waals surface area contributed by atoms with E-state index in [9.17, 15) is 4.79 Å². The number of carboxylic acid groups (broad SMARTS) is 1. The molecule has 0 radical (unpaired) electrons. The van der Waals surface area contributed by atoms with E-state index in [1.54, 1.807) is 13.8 Å². The van der Waals surface area contributed by atoms with E-state index in [0.717, 1.165) is 32.5 Å². The molecule has 0 bridgehead atoms. The number of hydrogen-bond donors (Lipinski definition) is 1. The minimum absolute atomic E-state index is 0.212. The Morgan fingerprint density at radius 2 is 2.27 bits per heavy atom. The standard InChI is InChI=1S/C11H21NO3/c1-4-12(11(2,3)10(13)14)8-9-6-5-7-15-9/h9H,4-8H2,1-3H3,(H,13,14). The molecule has 4 nitrogen and oxygen atoms in total. The minimum atomic E-state index is -0.805. The lowest BCUT2D eigenvalue weighted by atomic mass is 10.0. The Balaban J connectivity index is 2.57. The normalized spacial score (nSPS) is 22.3. The molecule has 1 aliphatic rings. The maximum atomic E-state index is 11.1. The lowest BCUT2D eigenvalue weighted by molar-refractivity contribution is -0.150. The monoisotopic (exact) mass is 215 g/mol. The third kappa shape index (κ3) is 2.92. The highest BCUT2D eigenvalue weighted by Gasteiger charge is 2.35. The predicted octanol–water partition coefficient (Wildman–Crippen LogP) is 1.35. The Kier molecular flexibility index (Phi) is 4.11. The number of likely N-dealkylation sites (N-methyl/N-ethyl adjacent to an activating group) is 1. The molecule has 0 aromatic heterocycles. The second-order valence-electron chi connectivity index (χ2n) is 4.54. The van der Waals surface area contributed by atoms with Crippen molar-refractivity contribution >= 4 is 5.97 Å². The van der Waals surface area contributed by atoms with Crippen LogP contribution in [-0.2, 0) is 9.53 Å². The summed E-state index contributed by atoms with van der Waals surface area (Å²) >= 11 is 0.